The van der Waals surface area contributed by atoms with E-state index in [4.69, 9.17) is 14.2 Å². The molecular formula is C15H19NO4. The molecule has 1 fully saturated rings. The van der Waals surface area contributed by atoms with E-state index in [2.05, 4.69) is 0 Å². The number of allylic oxidation sites excluding steroid dienone is 1. The van der Waals surface area contributed by atoms with Crippen LogP contribution in [0.1, 0.15) is 25.5 Å². The van der Waals surface area contributed by atoms with Gasteiger partial charge in [0.15, 0.2) is 11.5 Å². The third-order valence-electron chi connectivity index (χ3n) is 2.98. The van der Waals surface area contributed by atoms with Gasteiger partial charge in [-0.15, -0.1) is 0 Å². The highest BCUT2D eigenvalue weighted by atomic mass is 16.6. The Balaban J connectivity index is 2.25. The minimum atomic E-state index is -0.308. The SMILES string of the molecule is COc1ccc([C@H]2CN(C)C(=O)O2)cc1OC=C(C)C. The molecule has 20 heavy (non-hydrogen) atoms. The minimum absolute atomic E-state index is 0.271. The van der Waals surface area contributed by atoms with E-state index in [9.17, 15) is 4.79 Å². The Kier molecular flexibility index (Phi) is 4.17. The highest BCUT2D eigenvalue weighted by Crippen LogP contribution is 2.33. The van der Waals surface area contributed by atoms with Gasteiger partial charge in [0, 0.05) is 7.05 Å². The largest absolute Gasteiger partial charge is 0.493 e. The molecule has 0 bridgehead atoms. The number of likely N-dealkylation sites (N-methyl/N-ethyl adjacent to an activating group) is 1. The first-order chi connectivity index (χ1) is 9.51. The van der Waals surface area contributed by atoms with Crippen LogP contribution in [0.4, 0.5) is 4.79 Å². The van der Waals surface area contributed by atoms with E-state index < -0.39 is 0 Å². The summed E-state index contributed by atoms with van der Waals surface area (Å²) in [6.07, 6.45) is 1.08. The van der Waals surface area contributed by atoms with Crippen LogP contribution in [0.5, 0.6) is 11.5 Å². The average molecular weight is 277 g/mol. The molecule has 1 atom stereocenters. The maximum absolute atomic E-state index is 11.4. The van der Waals surface area contributed by atoms with Crippen molar-refractivity contribution in [2.24, 2.45) is 0 Å². The summed E-state index contributed by atoms with van der Waals surface area (Å²) < 4.78 is 16.2. The number of rotatable bonds is 4. The van der Waals surface area contributed by atoms with Crippen LogP contribution in [0.25, 0.3) is 0 Å². The van der Waals surface area contributed by atoms with E-state index >= 15 is 0 Å². The Morgan fingerprint density at radius 1 is 1.40 bits per heavy atom. The highest BCUT2D eigenvalue weighted by Gasteiger charge is 2.30. The minimum Gasteiger partial charge on any atom is -0.493 e. The number of nitrogens with zero attached hydrogens (tertiary/aromatic N) is 1. The standard InChI is InChI=1S/C15H19NO4/c1-10(2)9-19-13-7-11(5-6-12(13)18-4)14-8-16(3)15(17)20-14/h5-7,9,14H,8H2,1-4H3/t14-/m1/s1. The van der Waals surface area contributed by atoms with Crippen molar-refractivity contribution in [1.29, 1.82) is 0 Å². The quantitative estimate of drug-likeness (QED) is 0.793. The van der Waals surface area contributed by atoms with Crippen LogP contribution in [0, 0.1) is 0 Å². The van der Waals surface area contributed by atoms with Gasteiger partial charge in [-0.05, 0) is 37.1 Å². The number of hydrogen-bond donors (Lipinski definition) is 0. The van der Waals surface area contributed by atoms with E-state index in [0.717, 1.165) is 11.1 Å². The predicted molar refractivity (Wildman–Crippen MR) is 74.9 cm³/mol. The molecule has 1 heterocycles. The lowest BCUT2D eigenvalue weighted by molar-refractivity contribution is 0.134. The molecule has 0 aromatic heterocycles. The lowest BCUT2D eigenvalue weighted by Crippen LogP contribution is -2.17. The number of methoxy groups -OCH3 is 1. The first-order valence-electron chi connectivity index (χ1n) is 6.41. The molecule has 0 aliphatic carbocycles. The van der Waals surface area contributed by atoms with Gasteiger partial charge in [-0.1, -0.05) is 6.07 Å². The van der Waals surface area contributed by atoms with Gasteiger partial charge in [0.05, 0.1) is 19.9 Å². The molecule has 0 saturated carbocycles. The van der Waals surface area contributed by atoms with Crippen LogP contribution in [0.15, 0.2) is 30.0 Å². The van der Waals surface area contributed by atoms with Crippen molar-refractivity contribution in [2.45, 2.75) is 20.0 Å². The number of ether oxygens (including phenoxy) is 3. The summed E-state index contributed by atoms with van der Waals surface area (Å²) in [5.41, 5.74) is 1.94. The first kappa shape index (κ1) is 14.2. The molecule has 1 aromatic carbocycles. The molecule has 5 nitrogen and oxygen atoms in total. The third kappa shape index (κ3) is 3.04. The van der Waals surface area contributed by atoms with Gasteiger partial charge in [-0.3, -0.25) is 0 Å². The van der Waals surface area contributed by atoms with Crippen molar-refractivity contribution < 1.29 is 19.0 Å². The third-order valence-corrected chi connectivity index (χ3v) is 2.98. The fourth-order valence-corrected chi connectivity index (χ4v) is 1.91. The zero-order chi connectivity index (χ0) is 14.7. The molecule has 0 radical (unpaired) electrons. The van der Waals surface area contributed by atoms with E-state index in [1.54, 1.807) is 25.3 Å². The summed E-state index contributed by atoms with van der Waals surface area (Å²) in [5.74, 6) is 1.25. The van der Waals surface area contributed by atoms with Gasteiger partial charge in [0.1, 0.15) is 6.10 Å². The van der Waals surface area contributed by atoms with E-state index in [-0.39, 0.29) is 12.2 Å². The number of benzene rings is 1. The van der Waals surface area contributed by atoms with Crippen molar-refractivity contribution in [1.82, 2.24) is 4.90 Å². The zero-order valence-corrected chi connectivity index (χ0v) is 12.2. The van der Waals surface area contributed by atoms with Gasteiger partial charge in [-0.2, -0.15) is 0 Å². The van der Waals surface area contributed by atoms with Crippen LogP contribution >= 0.6 is 0 Å². The van der Waals surface area contributed by atoms with Crippen LogP contribution in [0.2, 0.25) is 0 Å². The van der Waals surface area contributed by atoms with Crippen molar-refractivity contribution >= 4 is 6.09 Å². The second-order valence-electron chi connectivity index (χ2n) is 4.98. The van der Waals surface area contributed by atoms with Crippen LogP contribution in [-0.2, 0) is 4.74 Å². The molecule has 5 heteroatoms. The fourth-order valence-electron chi connectivity index (χ4n) is 1.91. The van der Waals surface area contributed by atoms with Gasteiger partial charge in [0.2, 0.25) is 0 Å². The maximum Gasteiger partial charge on any atom is 0.410 e. The van der Waals surface area contributed by atoms with E-state index in [1.807, 2.05) is 32.0 Å². The normalized spacial score (nSPS) is 17.7. The Morgan fingerprint density at radius 3 is 2.70 bits per heavy atom. The molecule has 1 aliphatic heterocycles. The van der Waals surface area contributed by atoms with E-state index in [1.165, 1.54) is 0 Å². The summed E-state index contributed by atoms with van der Waals surface area (Å²) in [5, 5.41) is 0. The Morgan fingerprint density at radius 2 is 2.15 bits per heavy atom. The lowest BCUT2D eigenvalue weighted by Gasteiger charge is -2.13. The van der Waals surface area contributed by atoms with Gasteiger partial charge >= 0.3 is 6.09 Å². The number of carbonyl (C=O) groups is 1. The first-order valence-corrected chi connectivity index (χ1v) is 6.41. The number of carbonyl (C=O) groups excluding carboxylic acids is 1. The van der Waals surface area contributed by atoms with Crippen LogP contribution in [0.3, 0.4) is 0 Å². The Bertz CT molecular complexity index is 535. The zero-order valence-electron chi connectivity index (χ0n) is 12.2. The summed E-state index contributed by atoms with van der Waals surface area (Å²) in [7, 11) is 3.31. The average Bonchev–Trinajstić information content (AvgIpc) is 2.76. The molecule has 0 N–H and O–H groups in total. The summed E-state index contributed by atoms with van der Waals surface area (Å²) in [6.45, 7) is 4.43. The molecule has 1 aliphatic rings. The molecule has 0 unspecified atom stereocenters. The number of amides is 1. The second kappa shape index (κ2) is 5.86. The molecule has 1 amide bonds. The lowest BCUT2D eigenvalue weighted by atomic mass is 10.1. The van der Waals surface area contributed by atoms with Gasteiger partial charge < -0.3 is 19.1 Å². The molecule has 2 rings (SSSR count). The molecule has 0 spiro atoms. The van der Waals surface area contributed by atoms with Gasteiger partial charge in [-0.25, -0.2) is 4.79 Å². The van der Waals surface area contributed by atoms with Crippen molar-refractivity contribution in [3.63, 3.8) is 0 Å². The molecular weight excluding hydrogens is 258 g/mol. The van der Waals surface area contributed by atoms with Crippen molar-refractivity contribution in [3.05, 3.63) is 35.6 Å². The summed E-state index contributed by atoms with van der Waals surface area (Å²) >= 11 is 0. The van der Waals surface area contributed by atoms with Gasteiger partial charge in [0.25, 0.3) is 0 Å². The highest BCUT2D eigenvalue weighted by molar-refractivity contribution is 5.69. The smallest absolute Gasteiger partial charge is 0.410 e. The molecule has 1 aromatic rings. The topological polar surface area (TPSA) is 48.0 Å². The van der Waals surface area contributed by atoms with Crippen molar-refractivity contribution in [2.75, 3.05) is 20.7 Å². The fraction of sp³-hybridized carbons (Fsp3) is 0.400. The second-order valence-corrected chi connectivity index (χ2v) is 4.98. The summed E-state index contributed by atoms with van der Waals surface area (Å²) in [4.78, 5) is 13.0. The monoisotopic (exact) mass is 277 g/mol. The maximum atomic E-state index is 11.4. The Hall–Kier alpha value is -2.17. The van der Waals surface area contributed by atoms with Crippen molar-refractivity contribution in [3.8, 4) is 11.5 Å². The van der Waals surface area contributed by atoms with E-state index in [0.29, 0.717) is 18.0 Å². The number of hydrogen-bond acceptors (Lipinski definition) is 4. The molecule has 1 saturated heterocycles. The van der Waals surface area contributed by atoms with Crippen LogP contribution in [-0.4, -0.2) is 31.7 Å². The number of cyclic esters (lactones) is 1. The summed E-state index contributed by atoms with van der Waals surface area (Å²) in [6, 6.07) is 5.54. The van der Waals surface area contributed by atoms with Crippen LogP contribution < -0.4 is 9.47 Å². The predicted octanol–water partition coefficient (Wildman–Crippen LogP) is 3.12. The Labute approximate surface area is 118 Å². The molecule has 108 valence electrons.